The summed E-state index contributed by atoms with van der Waals surface area (Å²) >= 11 is 1.39. The fourth-order valence-corrected chi connectivity index (χ4v) is 3.39. The number of aromatic nitrogens is 1. The van der Waals surface area contributed by atoms with Gasteiger partial charge in [-0.2, -0.15) is 0 Å². The summed E-state index contributed by atoms with van der Waals surface area (Å²) in [6.07, 6.45) is 0. The summed E-state index contributed by atoms with van der Waals surface area (Å²) in [5, 5.41) is 2.49. The molecule has 3 rings (SSSR count). The maximum absolute atomic E-state index is 13.0. The van der Waals surface area contributed by atoms with Crippen LogP contribution in [0.2, 0.25) is 0 Å². The minimum Gasteiger partial charge on any atom is -0.378 e. The Morgan fingerprint density at radius 2 is 1.72 bits per heavy atom. The lowest BCUT2D eigenvalue weighted by Gasteiger charge is -2.34. The number of carbonyl (C=O) groups is 2. The minimum absolute atomic E-state index is 0.132. The van der Waals surface area contributed by atoms with Crippen LogP contribution in [0.4, 0.5) is 4.39 Å². The van der Waals surface area contributed by atoms with E-state index in [4.69, 9.17) is 4.74 Å². The lowest BCUT2D eigenvalue weighted by atomic mass is 10.1. The summed E-state index contributed by atoms with van der Waals surface area (Å²) in [4.78, 5) is 32.5. The number of hydrogen-bond acceptors (Lipinski definition) is 5. The number of nitrogens with zero attached hydrogens (tertiary/aromatic N) is 3. The molecule has 132 valence electrons. The molecule has 0 unspecified atom stereocenters. The Morgan fingerprint density at radius 1 is 1.12 bits per heavy atom. The van der Waals surface area contributed by atoms with E-state index in [1.54, 1.807) is 22.3 Å². The molecule has 1 aromatic heterocycles. The molecular weight excluding hydrogens is 345 g/mol. The summed E-state index contributed by atoms with van der Waals surface area (Å²) in [7, 11) is 1.58. The normalized spacial score (nSPS) is 14.6. The van der Waals surface area contributed by atoms with Crippen molar-refractivity contribution < 1.29 is 18.7 Å². The Labute approximate surface area is 148 Å². The largest absolute Gasteiger partial charge is 0.378 e. The number of benzene rings is 1. The zero-order valence-corrected chi connectivity index (χ0v) is 14.6. The standard InChI is InChI=1S/C17H18FN3O3S/c1-24-10-15-19-14(11-25-15)17(23)21-8-6-20(7-9-21)16(22)12-2-4-13(18)5-3-12/h2-5,11H,6-10H2,1H3. The van der Waals surface area contributed by atoms with E-state index in [2.05, 4.69) is 4.98 Å². The van der Waals surface area contributed by atoms with Gasteiger partial charge >= 0.3 is 0 Å². The van der Waals surface area contributed by atoms with E-state index in [-0.39, 0.29) is 17.6 Å². The zero-order valence-electron chi connectivity index (χ0n) is 13.8. The van der Waals surface area contributed by atoms with Crippen LogP contribution in [0, 0.1) is 5.82 Å². The van der Waals surface area contributed by atoms with E-state index in [9.17, 15) is 14.0 Å². The molecule has 8 heteroatoms. The summed E-state index contributed by atoms with van der Waals surface area (Å²) in [6.45, 7) is 2.16. The number of thiazole rings is 1. The number of rotatable bonds is 4. The molecule has 6 nitrogen and oxygen atoms in total. The second-order valence-electron chi connectivity index (χ2n) is 5.65. The molecule has 2 heterocycles. The SMILES string of the molecule is COCc1nc(C(=O)N2CCN(C(=O)c3ccc(F)cc3)CC2)cs1. The molecule has 1 aliphatic heterocycles. The first-order chi connectivity index (χ1) is 12.1. The average molecular weight is 363 g/mol. The quantitative estimate of drug-likeness (QED) is 0.834. The van der Waals surface area contributed by atoms with E-state index in [1.165, 1.54) is 35.6 Å². The van der Waals surface area contributed by atoms with Crippen molar-refractivity contribution in [3.63, 3.8) is 0 Å². The van der Waals surface area contributed by atoms with Crippen molar-refractivity contribution in [3.05, 3.63) is 51.7 Å². The second-order valence-corrected chi connectivity index (χ2v) is 6.59. The number of ether oxygens (including phenoxy) is 1. The fourth-order valence-electron chi connectivity index (χ4n) is 2.65. The fraction of sp³-hybridized carbons (Fsp3) is 0.353. The number of hydrogen-bond donors (Lipinski definition) is 0. The molecule has 0 aliphatic carbocycles. The van der Waals surface area contributed by atoms with Crippen LogP contribution in [0.15, 0.2) is 29.6 Å². The summed E-state index contributed by atoms with van der Waals surface area (Å²) < 4.78 is 18.0. The van der Waals surface area contributed by atoms with Crippen molar-refractivity contribution in [1.29, 1.82) is 0 Å². The van der Waals surface area contributed by atoms with Gasteiger partial charge in [0.1, 0.15) is 16.5 Å². The van der Waals surface area contributed by atoms with Crippen LogP contribution in [-0.4, -0.2) is 59.9 Å². The molecule has 1 aromatic carbocycles. The van der Waals surface area contributed by atoms with Crippen LogP contribution in [0.25, 0.3) is 0 Å². The molecule has 1 aliphatic rings. The van der Waals surface area contributed by atoms with Crippen LogP contribution in [-0.2, 0) is 11.3 Å². The third-order valence-electron chi connectivity index (χ3n) is 3.98. The van der Waals surface area contributed by atoms with Crippen LogP contribution >= 0.6 is 11.3 Å². The predicted octanol–water partition coefficient (Wildman–Crippen LogP) is 2.03. The van der Waals surface area contributed by atoms with Gasteiger partial charge in [-0.15, -0.1) is 11.3 Å². The first-order valence-electron chi connectivity index (χ1n) is 7.86. The smallest absolute Gasteiger partial charge is 0.273 e. The summed E-state index contributed by atoms with van der Waals surface area (Å²) in [6, 6.07) is 5.49. The van der Waals surface area contributed by atoms with Gasteiger partial charge in [0, 0.05) is 44.2 Å². The number of halogens is 1. The monoisotopic (exact) mass is 363 g/mol. The van der Waals surface area contributed by atoms with E-state index < -0.39 is 0 Å². The molecule has 1 fully saturated rings. The van der Waals surface area contributed by atoms with Gasteiger partial charge in [0.05, 0.1) is 6.61 Å². The van der Waals surface area contributed by atoms with Gasteiger partial charge in [0.15, 0.2) is 0 Å². The predicted molar refractivity (Wildman–Crippen MR) is 91.0 cm³/mol. The Morgan fingerprint density at radius 3 is 2.32 bits per heavy atom. The van der Waals surface area contributed by atoms with Gasteiger partial charge < -0.3 is 14.5 Å². The number of amides is 2. The van der Waals surface area contributed by atoms with Gasteiger partial charge in [0.25, 0.3) is 11.8 Å². The second kappa shape index (κ2) is 7.71. The molecule has 0 bridgehead atoms. The van der Waals surface area contributed by atoms with E-state index >= 15 is 0 Å². The zero-order chi connectivity index (χ0) is 17.8. The van der Waals surface area contributed by atoms with E-state index in [1.807, 2.05) is 0 Å². The van der Waals surface area contributed by atoms with E-state index in [0.717, 1.165) is 5.01 Å². The lowest BCUT2D eigenvalue weighted by molar-refractivity contribution is 0.0532. The molecule has 0 saturated carbocycles. The summed E-state index contributed by atoms with van der Waals surface area (Å²) in [5.41, 5.74) is 0.861. The molecule has 25 heavy (non-hydrogen) atoms. The van der Waals surface area contributed by atoms with Gasteiger partial charge in [-0.25, -0.2) is 9.37 Å². The highest BCUT2D eigenvalue weighted by atomic mass is 32.1. The van der Waals surface area contributed by atoms with Crippen molar-refractivity contribution >= 4 is 23.2 Å². The van der Waals surface area contributed by atoms with Crippen LogP contribution in [0.3, 0.4) is 0 Å². The third kappa shape index (κ3) is 4.02. The average Bonchev–Trinajstić information content (AvgIpc) is 3.10. The molecule has 0 atom stereocenters. The van der Waals surface area contributed by atoms with E-state index in [0.29, 0.717) is 44.0 Å². The van der Waals surface area contributed by atoms with Crippen molar-refractivity contribution in [2.45, 2.75) is 6.61 Å². The highest BCUT2D eigenvalue weighted by Gasteiger charge is 2.26. The number of carbonyl (C=O) groups excluding carboxylic acids is 2. The Kier molecular flexibility index (Phi) is 5.40. The minimum atomic E-state index is -0.372. The first-order valence-corrected chi connectivity index (χ1v) is 8.74. The lowest BCUT2D eigenvalue weighted by Crippen LogP contribution is -2.50. The highest BCUT2D eigenvalue weighted by molar-refractivity contribution is 7.09. The van der Waals surface area contributed by atoms with Crippen molar-refractivity contribution in [2.75, 3.05) is 33.3 Å². The maximum Gasteiger partial charge on any atom is 0.273 e. The molecule has 0 radical (unpaired) electrons. The molecule has 0 spiro atoms. The summed E-state index contributed by atoms with van der Waals surface area (Å²) in [5.74, 6) is -0.654. The Bertz CT molecular complexity index is 755. The van der Waals surface area contributed by atoms with Crippen LogP contribution in [0.5, 0.6) is 0 Å². The van der Waals surface area contributed by atoms with Crippen molar-refractivity contribution in [3.8, 4) is 0 Å². The Hall–Kier alpha value is -2.32. The molecule has 2 aromatic rings. The molecule has 1 saturated heterocycles. The van der Waals surface area contributed by atoms with Crippen LogP contribution in [0.1, 0.15) is 25.9 Å². The van der Waals surface area contributed by atoms with Gasteiger partial charge in [-0.05, 0) is 24.3 Å². The Balaban J connectivity index is 1.58. The topological polar surface area (TPSA) is 62.7 Å². The highest BCUT2D eigenvalue weighted by Crippen LogP contribution is 2.15. The van der Waals surface area contributed by atoms with Crippen molar-refractivity contribution in [2.24, 2.45) is 0 Å². The molecule has 2 amide bonds. The van der Waals surface area contributed by atoms with Gasteiger partial charge in [0.2, 0.25) is 0 Å². The first kappa shape index (κ1) is 17.5. The third-order valence-corrected chi connectivity index (χ3v) is 4.81. The number of methoxy groups -OCH3 is 1. The van der Waals surface area contributed by atoms with Crippen molar-refractivity contribution in [1.82, 2.24) is 14.8 Å². The van der Waals surface area contributed by atoms with Crippen LogP contribution < -0.4 is 0 Å². The number of piperazine rings is 1. The van der Waals surface area contributed by atoms with Gasteiger partial charge in [-0.1, -0.05) is 0 Å². The maximum atomic E-state index is 13.0. The molecular formula is C17H18FN3O3S. The van der Waals surface area contributed by atoms with Gasteiger partial charge in [-0.3, -0.25) is 9.59 Å². The molecule has 0 N–H and O–H groups in total.